The van der Waals surface area contributed by atoms with Crippen LogP contribution in [0.4, 0.5) is 0 Å². The Kier molecular flexibility index (Phi) is 9.21. The van der Waals surface area contributed by atoms with Gasteiger partial charge in [-0.3, -0.25) is 4.79 Å². The summed E-state index contributed by atoms with van der Waals surface area (Å²) in [6.07, 6.45) is -5.58. The molecule has 1 amide bonds. The number of hydrogen-bond donors (Lipinski definition) is 4. The van der Waals surface area contributed by atoms with E-state index in [1.807, 2.05) is 27.7 Å². The number of amides is 1. The molecule has 204 valence electrons. The first-order valence-electron chi connectivity index (χ1n) is 12.3. The minimum Gasteiger partial charge on any atom is -0.394 e. The fourth-order valence-corrected chi connectivity index (χ4v) is 5.58. The van der Waals surface area contributed by atoms with Crippen LogP contribution in [0.1, 0.15) is 47.5 Å². The number of ether oxygens (including phenoxy) is 6. The standard InChI is InChI=1S/C24H43NO10/c1-12-9-24(31-7,35-14(3)13(12)2)19(28)21(29)25-22-18-17(32-11-33-22)20(30-6)23(4,5)16(34-18)8-15(27)10-26/h12-20,22,26-28H,8-11H2,1-7H3,(H,25,29)/t12-,13+,14+,15+,16+,17-,18-,19+,20+,22-,24+/m0/s1. The van der Waals surface area contributed by atoms with Gasteiger partial charge < -0.3 is 49.1 Å². The largest absolute Gasteiger partial charge is 0.394 e. The van der Waals surface area contributed by atoms with Gasteiger partial charge in [0.05, 0.1) is 31.0 Å². The Hall–Kier alpha value is -0.890. The third-order valence-electron chi connectivity index (χ3n) is 8.19. The van der Waals surface area contributed by atoms with Gasteiger partial charge in [0.2, 0.25) is 5.79 Å². The lowest BCUT2D eigenvalue weighted by atomic mass is 9.72. The first-order chi connectivity index (χ1) is 16.4. The lowest BCUT2D eigenvalue weighted by Gasteiger charge is -2.54. The number of rotatable bonds is 8. The zero-order valence-electron chi connectivity index (χ0n) is 21.8. The van der Waals surface area contributed by atoms with Crippen molar-refractivity contribution in [2.24, 2.45) is 17.3 Å². The molecule has 35 heavy (non-hydrogen) atoms. The molecular weight excluding hydrogens is 462 g/mol. The number of nitrogens with one attached hydrogen (secondary N) is 1. The van der Waals surface area contributed by atoms with Crippen LogP contribution in [0, 0.1) is 17.3 Å². The molecule has 11 atom stereocenters. The number of carbonyl (C=O) groups excluding carboxylic acids is 1. The Morgan fingerprint density at radius 2 is 1.83 bits per heavy atom. The zero-order chi connectivity index (χ0) is 26.1. The van der Waals surface area contributed by atoms with Crippen LogP contribution in [0.3, 0.4) is 0 Å². The second-order valence-electron chi connectivity index (χ2n) is 10.8. The van der Waals surface area contributed by atoms with Crippen LogP contribution in [0.2, 0.25) is 0 Å². The molecule has 3 rings (SSSR count). The van der Waals surface area contributed by atoms with E-state index in [0.717, 1.165) is 0 Å². The molecule has 0 aliphatic carbocycles. The molecule has 0 bridgehead atoms. The fraction of sp³-hybridized carbons (Fsp3) is 0.958. The molecule has 0 unspecified atom stereocenters. The Labute approximate surface area is 207 Å². The highest BCUT2D eigenvalue weighted by Gasteiger charge is 2.57. The van der Waals surface area contributed by atoms with Crippen molar-refractivity contribution in [2.75, 3.05) is 27.6 Å². The maximum atomic E-state index is 13.2. The van der Waals surface area contributed by atoms with E-state index >= 15 is 0 Å². The van der Waals surface area contributed by atoms with Crippen LogP contribution >= 0.6 is 0 Å². The first-order valence-corrected chi connectivity index (χ1v) is 12.3. The summed E-state index contributed by atoms with van der Waals surface area (Å²) in [5.74, 6) is -1.81. The maximum absolute atomic E-state index is 13.2. The number of hydrogen-bond acceptors (Lipinski definition) is 10. The quantitative estimate of drug-likeness (QED) is 0.359. The summed E-state index contributed by atoms with van der Waals surface area (Å²) in [6.45, 7) is 9.36. The van der Waals surface area contributed by atoms with Crippen molar-refractivity contribution < 1.29 is 48.5 Å². The van der Waals surface area contributed by atoms with Crippen LogP contribution in [0.15, 0.2) is 0 Å². The van der Waals surface area contributed by atoms with Gasteiger partial charge in [0.1, 0.15) is 19.0 Å². The molecule has 0 aromatic heterocycles. The number of carbonyl (C=O) groups is 1. The van der Waals surface area contributed by atoms with Gasteiger partial charge in [-0.25, -0.2) is 0 Å². The highest BCUT2D eigenvalue weighted by atomic mass is 16.7. The van der Waals surface area contributed by atoms with E-state index in [4.69, 9.17) is 28.4 Å². The van der Waals surface area contributed by atoms with E-state index in [1.54, 1.807) is 7.11 Å². The normalized spacial score (nSPS) is 43.1. The Bertz CT molecular complexity index is 708. The predicted octanol–water partition coefficient (Wildman–Crippen LogP) is 0.138. The molecule has 3 aliphatic rings. The van der Waals surface area contributed by atoms with Crippen molar-refractivity contribution in [3.8, 4) is 0 Å². The lowest BCUT2D eigenvalue weighted by Crippen LogP contribution is -2.69. The first kappa shape index (κ1) is 28.7. The van der Waals surface area contributed by atoms with E-state index < -0.39 is 66.6 Å². The number of aliphatic hydroxyl groups excluding tert-OH is 3. The van der Waals surface area contributed by atoms with Gasteiger partial charge in [-0.15, -0.1) is 0 Å². The van der Waals surface area contributed by atoms with Crippen molar-refractivity contribution in [1.82, 2.24) is 5.32 Å². The molecule has 4 N–H and O–H groups in total. The Morgan fingerprint density at radius 3 is 2.40 bits per heavy atom. The highest BCUT2D eigenvalue weighted by Crippen LogP contribution is 2.44. The van der Waals surface area contributed by atoms with Gasteiger partial charge in [0.25, 0.3) is 5.91 Å². The summed E-state index contributed by atoms with van der Waals surface area (Å²) >= 11 is 0. The molecule has 0 saturated carbocycles. The zero-order valence-corrected chi connectivity index (χ0v) is 21.8. The average molecular weight is 506 g/mol. The molecule has 11 nitrogen and oxygen atoms in total. The van der Waals surface area contributed by atoms with Gasteiger partial charge in [-0.1, -0.05) is 27.7 Å². The average Bonchev–Trinajstić information content (AvgIpc) is 2.82. The van der Waals surface area contributed by atoms with Crippen LogP contribution in [-0.2, 0) is 33.2 Å². The number of aliphatic hydroxyl groups is 3. The van der Waals surface area contributed by atoms with Gasteiger partial charge >= 0.3 is 0 Å². The summed E-state index contributed by atoms with van der Waals surface area (Å²) in [4.78, 5) is 13.2. The molecule has 3 fully saturated rings. The third-order valence-corrected chi connectivity index (χ3v) is 8.19. The monoisotopic (exact) mass is 505 g/mol. The molecule has 11 heteroatoms. The summed E-state index contributed by atoms with van der Waals surface area (Å²) in [6, 6.07) is 0. The van der Waals surface area contributed by atoms with Crippen molar-refractivity contribution in [1.29, 1.82) is 0 Å². The van der Waals surface area contributed by atoms with Crippen LogP contribution in [0.5, 0.6) is 0 Å². The van der Waals surface area contributed by atoms with Gasteiger partial charge in [-0.2, -0.15) is 0 Å². The van der Waals surface area contributed by atoms with E-state index in [-0.39, 0.29) is 31.2 Å². The van der Waals surface area contributed by atoms with Gasteiger partial charge in [-0.05, 0) is 18.8 Å². The summed E-state index contributed by atoms with van der Waals surface area (Å²) in [7, 11) is 2.98. The van der Waals surface area contributed by atoms with Crippen LogP contribution in [-0.4, -0.2) is 104 Å². The summed E-state index contributed by atoms with van der Waals surface area (Å²) in [5, 5.41) is 33.2. The van der Waals surface area contributed by atoms with Crippen molar-refractivity contribution >= 4 is 5.91 Å². The van der Waals surface area contributed by atoms with Crippen molar-refractivity contribution in [2.45, 2.75) is 102 Å². The van der Waals surface area contributed by atoms with Gasteiger partial charge in [0.15, 0.2) is 12.3 Å². The number of methoxy groups -OCH3 is 2. The molecule has 3 heterocycles. The van der Waals surface area contributed by atoms with E-state index in [9.17, 15) is 20.1 Å². The number of fused-ring (bicyclic) bond motifs is 1. The molecular formula is C24H43NO10. The second kappa shape index (κ2) is 11.2. The van der Waals surface area contributed by atoms with E-state index in [1.165, 1.54) is 7.11 Å². The summed E-state index contributed by atoms with van der Waals surface area (Å²) < 4.78 is 35.2. The van der Waals surface area contributed by atoms with Crippen molar-refractivity contribution in [3.05, 3.63) is 0 Å². The molecule has 0 aromatic carbocycles. The smallest absolute Gasteiger partial charge is 0.256 e. The molecule has 0 aromatic rings. The topological polar surface area (TPSA) is 145 Å². The maximum Gasteiger partial charge on any atom is 0.256 e. The SMILES string of the molecule is CO[C@@H]1[C@H]2OCO[C@H](NC(=O)[C@@H](O)[C@@]3(OC)C[C@H](C)[C@@H](C)[C@@H](C)O3)[C@H]2O[C@H](C[C@@H](O)CO)C1(C)C. The minimum atomic E-state index is -1.61. The molecule has 0 spiro atoms. The minimum absolute atomic E-state index is 0.108. The van der Waals surface area contributed by atoms with Gasteiger partial charge in [0, 0.05) is 32.5 Å². The van der Waals surface area contributed by atoms with Crippen LogP contribution in [0.25, 0.3) is 0 Å². The molecule has 3 saturated heterocycles. The van der Waals surface area contributed by atoms with E-state index in [0.29, 0.717) is 6.42 Å². The third kappa shape index (κ3) is 5.53. The van der Waals surface area contributed by atoms with Crippen LogP contribution < -0.4 is 5.32 Å². The second-order valence-corrected chi connectivity index (χ2v) is 10.8. The highest BCUT2D eigenvalue weighted by molar-refractivity contribution is 5.82. The molecule has 0 radical (unpaired) electrons. The Balaban J connectivity index is 1.79. The fourth-order valence-electron chi connectivity index (χ4n) is 5.58. The Morgan fingerprint density at radius 1 is 1.14 bits per heavy atom. The lowest BCUT2D eigenvalue weighted by molar-refractivity contribution is -0.334. The predicted molar refractivity (Wildman–Crippen MR) is 123 cm³/mol. The summed E-state index contributed by atoms with van der Waals surface area (Å²) in [5.41, 5.74) is -0.573. The van der Waals surface area contributed by atoms with Crippen molar-refractivity contribution in [3.63, 3.8) is 0 Å². The van der Waals surface area contributed by atoms with E-state index in [2.05, 4.69) is 12.2 Å². The molecule has 3 aliphatic heterocycles.